The molecule has 4 nitrogen and oxygen atoms in total. The molecule has 0 saturated carbocycles. The minimum atomic E-state index is -0.156. The molecule has 0 spiro atoms. The van der Waals surface area contributed by atoms with Crippen molar-refractivity contribution in [2.45, 2.75) is 45.4 Å². The van der Waals surface area contributed by atoms with Gasteiger partial charge in [-0.2, -0.15) is 0 Å². The summed E-state index contributed by atoms with van der Waals surface area (Å²) in [5.74, 6) is 0.237. The summed E-state index contributed by atoms with van der Waals surface area (Å²) in [6, 6.07) is 14.8. The van der Waals surface area contributed by atoms with E-state index >= 15 is 0 Å². The van der Waals surface area contributed by atoms with Crippen LogP contribution in [0.3, 0.4) is 0 Å². The van der Waals surface area contributed by atoms with Crippen LogP contribution in [0, 0.1) is 0 Å². The number of carbonyl (C=O) groups excluding carboxylic acids is 2. The van der Waals surface area contributed by atoms with Crippen LogP contribution in [0.5, 0.6) is 0 Å². The smallest absolute Gasteiger partial charge is 0.255 e. The number of carbonyl (C=O) groups is 2. The molecule has 0 atom stereocenters. The monoisotopic (exact) mass is 364 g/mol. The SMILES string of the molecule is CC(C)c1ccccc1NC(=O)c1ccc(C(=O)N2CCCCCC2)cc1. The Labute approximate surface area is 161 Å². The molecule has 0 unspecified atom stereocenters. The van der Waals surface area contributed by atoms with Crippen LogP contribution in [0.15, 0.2) is 48.5 Å². The predicted octanol–water partition coefficient (Wildman–Crippen LogP) is 5.08. The van der Waals surface area contributed by atoms with E-state index in [1.54, 1.807) is 24.3 Å². The number of benzene rings is 2. The fourth-order valence-electron chi connectivity index (χ4n) is 3.53. The predicted molar refractivity (Wildman–Crippen MR) is 109 cm³/mol. The zero-order chi connectivity index (χ0) is 19.2. The summed E-state index contributed by atoms with van der Waals surface area (Å²) < 4.78 is 0. The third-order valence-corrected chi connectivity index (χ3v) is 5.12. The number of rotatable bonds is 4. The molecule has 2 amide bonds. The maximum atomic E-state index is 12.7. The normalized spacial score (nSPS) is 14.7. The highest BCUT2D eigenvalue weighted by Gasteiger charge is 2.18. The topological polar surface area (TPSA) is 49.4 Å². The van der Waals surface area contributed by atoms with E-state index in [2.05, 4.69) is 19.2 Å². The van der Waals surface area contributed by atoms with Crippen molar-refractivity contribution in [1.29, 1.82) is 0 Å². The molecule has 0 aliphatic carbocycles. The van der Waals surface area contributed by atoms with Crippen molar-refractivity contribution < 1.29 is 9.59 Å². The number of hydrogen-bond acceptors (Lipinski definition) is 2. The molecule has 0 radical (unpaired) electrons. The second kappa shape index (κ2) is 8.85. The minimum absolute atomic E-state index is 0.0639. The van der Waals surface area contributed by atoms with Crippen LogP contribution in [0.1, 0.15) is 71.7 Å². The molecule has 1 fully saturated rings. The Kier molecular flexibility index (Phi) is 6.28. The van der Waals surface area contributed by atoms with Crippen molar-refractivity contribution in [3.8, 4) is 0 Å². The van der Waals surface area contributed by atoms with E-state index in [1.165, 1.54) is 12.8 Å². The first-order valence-electron chi connectivity index (χ1n) is 9.86. The van der Waals surface area contributed by atoms with Crippen LogP contribution >= 0.6 is 0 Å². The Balaban J connectivity index is 1.70. The van der Waals surface area contributed by atoms with Crippen LogP contribution in [0.2, 0.25) is 0 Å². The summed E-state index contributed by atoms with van der Waals surface area (Å²) in [6.45, 7) is 5.86. The average Bonchev–Trinajstić information content (AvgIpc) is 2.97. The molecular weight excluding hydrogens is 336 g/mol. The molecule has 1 aliphatic rings. The first kappa shape index (κ1) is 19.2. The van der Waals surface area contributed by atoms with E-state index in [-0.39, 0.29) is 11.8 Å². The lowest BCUT2D eigenvalue weighted by Crippen LogP contribution is -2.31. The number of hydrogen-bond donors (Lipinski definition) is 1. The fourth-order valence-corrected chi connectivity index (χ4v) is 3.53. The van der Waals surface area contributed by atoms with Crippen molar-refractivity contribution >= 4 is 17.5 Å². The van der Waals surface area contributed by atoms with Gasteiger partial charge in [0.1, 0.15) is 0 Å². The molecule has 1 saturated heterocycles. The summed E-state index contributed by atoms with van der Waals surface area (Å²) in [5.41, 5.74) is 3.15. The maximum Gasteiger partial charge on any atom is 0.255 e. The number of anilines is 1. The molecule has 3 rings (SSSR count). The lowest BCUT2D eigenvalue weighted by atomic mass is 10.0. The van der Waals surface area contributed by atoms with Gasteiger partial charge in [-0.1, -0.05) is 44.9 Å². The molecular formula is C23H28N2O2. The quantitative estimate of drug-likeness (QED) is 0.822. The molecule has 27 heavy (non-hydrogen) atoms. The zero-order valence-corrected chi connectivity index (χ0v) is 16.2. The standard InChI is InChI=1S/C23H28N2O2/c1-17(2)20-9-5-6-10-21(20)24-22(26)18-11-13-19(14-12-18)23(27)25-15-7-3-4-8-16-25/h5-6,9-14,17H,3-4,7-8,15-16H2,1-2H3,(H,24,26). The Hall–Kier alpha value is -2.62. The van der Waals surface area contributed by atoms with Crippen molar-refractivity contribution in [2.24, 2.45) is 0 Å². The van der Waals surface area contributed by atoms with Gasteiger partial charge in [-0.3, -0.25) is 9.59 Å². The van der Waals surface area contributed by atoms with Crippen LogP contribution in [0.25, 0.3) is 0 Å². The van der Waals surface area contributed by atoms with E-state index < -0.39 is 0 Å². The van der Waals surface area contributed by atoms with E-state index in [9.17, 15) is 9.59 Å². The Morgan fingerprint density at radius 3 is 2.07 bits per heavy atom. The van der Waals surface area contributed by atoms with Gasteiger partial charge in [0.15, 0.2) is 0 Å². The number of likely N-dealkylation sites (tertiary alicyclic amines) is 1. The maximum absolute atomic E-state index is 12.7. The molecule has 1 N–H and O–H groups in total. The van der Waals surface area contributed by atoms with Crippen molar-refractivity contribution in [3.63, 3.8) is 0 Å². The third kappa shape index (κ3) is 4.76. The second-order valence-electron chi connectivity index (χ2n) is 7.48. The van der Waals surface area contributed by atoms with E-state index in [0.29, 0.717) is 17.0 Å². The highest BCUT2D eigenvalue weighted by Crippen LogP contribution is 2.24. The molecule has 2 aromatic carbocycles. The second-order valence-corrected chi connectivity index (χ2v) is 7.48. The molecule has 1 aliphatic heterocycles. The van der Waals surface area contributed by atoms with Gasteiger partial charge in [0.25, 0.3) is 11.8 Å². The highest BCUT2D eigenvalue weighted by molar-refractivity contribution is 6.05. The molecule has 142 valence electrons. The third-order valence-electron chi connectivity index (χ3n) is 5.12. The van der Waals surface area contributed by atoms with Crippen LogP contribution in [-0.4, -0.2) is 29.8 Å². The van der Waals surface area contributed by atoms with Gasteiger partial charge in [-0.15, -0.1) is 0 Å². The lowest BCUT2D eigenvalue weighted by molar-refractivity contribution is 0.0761. The molecule has 1 heterocycles. The summed E-state index contributed by atoms with van der Waals surface area (Å²) in [4.78, 5) is 27.2. The summed E-state index contributed by atoms with van der Waals surface area (Å²) in [7, 11) is 0. The van der Waals surface area contributed by atoms with E-state index in [4.69, 9.17) is 0 Å². The Morgan fingerprint density at radius 2 is 1.44 bits per heavy atom. The number of nitrogens with one attached hydrogen (secondary N) is 1. The van der Waals surface area contributed by atoms with Gasteiger partial charge in [-0.25, -0.2) is 0 Å². The molecule has 4 heteroatoms. The number of amides is 2. The summed E-state index contributed by atoms with van der Waals surface area (Å²) in [5, 5.41) is 2.99. The van der Waals surface area contributed by atoms with Gasteiger partial charge < -0.3 is 10.2 Å². The number of nitrogens with zero attached hydrogens (tertiary/aromatic N) is 1. The van der Waals surface area contributed by atoms with Gasteiger partial charge in [-0.05, 0) is 54.7 Å². The average molecular weight is 364 g/mol. The first-order chi connectivity index (χ1) is 13.1. The van der Waals surface area contributed by atoms with E-state index in [0.717, 1.165) is 37.2 Å². The van der Waals surface area contributed by atoms with Gasteiger partial charge >= 0.3 is 0 Å². The summed E-state index contributed by atoms with van der Waals surface area (Å²) >= 11 is 0. The Morgan fingerprint density at radius 1 is 0.852 bits per heavy atom. The largest absolute Gasteiger partial charge is 0.339 e. The van der Waals surface area contributed by atoms with Gasteiger partial charge in [0.05, 0.1) is 0 Å². The molecule has 0 bridgehead atoms. The van der Waals surface area contributed by atoms with E-state index in [1.807, 2.05) is 29.2 Å². The molecule has 0 aromatic heterocycles. The Bertz CT molecular complexity index is 788. The summed E-state index contributed by atoms with van der Waals surface area (Å²) in [6.07, 6.45) is 4.53. The number of para-hydroxylation sites is 1. The highest BCUT2D eigenvalue weighted by atomic mass is 16.2. The van der Waals surface area contributed by atoms with Crippen LogP contribution in [0.4, 0.5) is 5.69 Å². The zero-order valence-electron chi connectivity index (χ0n) is 16.2. The van der Waals surface area contributed by atoms with Crippen LogP contribution < -0.4 is 5.32 Å². The lowest BCUT2D eigenvalue weighted by Gasteiger charge is -2.20. The first-order valence-corrected chi connectivity index (χ1v) is 9.86. The minimum Gasteiger partial charge on any atom is -0.339 e. The van der Waals surface area contributed by atoms with Gasteiger partial charge in [0.2, 0.25) is 0 Å². The fraction of sp³-hybridized carbons (Fsp3) is 0.391. The van der Waals surface area contributed by atoms with Gasteiger partial charge in [0, 0.05) is 29.9 Å². The van der Waals surface area contributed by atoms with Crippen LogP contribution in [-0.2, 0) is 0 Å². The molecule has 2 aromatic rings. The van der Waals surface area contributed by atoms with Crippen molar-refractivity contribution in [3.05, 3.63) is 65.2 Å². The van der Waals surface area contributed by atoms with Crippen molar-refractivity contribution in [2.75, 3.05) is 18.4 Å². The van der Waals surface area contributed by atoms with Crippen molar-refractivity contribution in [1.82, 2.24) is 4.90 Å².